The van der Waals surface area contributed by atoms with Gasteiger partial charge in [-0.05, 0) is 123 Å². The van der Waals surface area contributed by atoms with Crippen LogP contribution >= 0.6 is 0 Å². The molecule has 0 saturated carbocycles. The number of hydrogen-bond acceptors (Lipinski definition) is 0. The molecular formula is C52H46N2. The minimum atomic E-state index is 0.364. The molecule has 2 unspecified atom stereocenters. The van der Waals surface area contributed by atoms with Crippen molar-refractivity contribution in [2.45, 2.75) is 57.8 Å². The largest absolute Gasteiger partial charge is 0.316 e. The third-order valence-corrected chi connectivity index (χ3v) is 12.9. The summed E-state index contributed by atoms with van der Waals surface area (Å²) >= 11 is 0. The number of allylic oxidation sites excluding steroid dienone is 19. The number of para-hydroxylation sites is 1. The van der Waals surface area contributed by atoms with Gasteiger partial charge in [0.1, 0.15) is 0 Å². The number of rotatable bonds is 5. The van der Waals surface area contributed by atoms with E-state index < -0.39 is 0 Å². The minimum absolute atomic E-state index is 0.364. The Morgan fingerprint density at radius 3 is 2.30 bits per heavy atom. The van der Waals surface area contributed by atoms with Gasteiger partial charge in [0.2, 0.25) is 0 Å². The van der Waals surface area contributed by atoms with E-state index in [0.717, 1.165) is 32.1 Å². The normalized spacial score (nSPS) is 23.3. The van der Waals surface area contributed by atoms with Crippen molar-refractivity contribution >= 4 is 50.2 Å². The first-order valence-electron chi connectivity index (χ1n) is 20.4. The number of nitrogens with zero attached hydrogens (tertiary/aromatic N) is 2. The highest BCUT2D eigenvalue weighted by molar-refractivity contribution is 6.11. The highest BCUT2D eigenvalue weighted by Gasteiger charge is 2.28. The van der Waals surface area contributed by atoms with Crippen molar-refractivity contribution in [3.8, 4) is 11.1 Å². The predicted molar refractivity (Wildman–Crippen MR) is 230 cm³/mol. The number of hydrogen-bond donors (Lipinski definition) is 0. The van der Waals surface area contributed by atoms with Crippen LogP contribution in [0.4, 0.5) is 0 Å². The maximum atomic E-state index is 2.59. The lowest BCUT2D eigenvalue weighted by molar-refractivity contribution is 0.622. The van der Waals surface area contributed by atoms with E-state index in [4.69, 9.17) is 0 Å². The second-order valence-corrected chi connectivity index (χ2v) is 16.0. The van der Waals surface area contributed by atoms with E-state index in [0.29, 0.717) is 17.8 Å². The van der Waals surface area contributed by atoms with Gasteiger partial charge in [0.15, 0.2) is 0 Å². The van der Waals surface area contributed by atoms with Crippen LogP contribution in [0.3, 0.4) is 0 Å². The third kappa shape index (κ3) is 5.22. The molecule has 6 aliphatic carbocycles. The van der Waals surface area contributed by atoms with Crippen LogP contribution in [0.2, 0.25) is 0 Å². The van der Waals surface area contributed by atoms with Crippen LogP contribution in [0.1, 0.15) is 62.6 Å². The molecule has 2 aromatic heterocycles. The van der Waals surface area contributed by atoms with Crippen molar-refractivity contribution in [3.05, 3.63) is 174 Å². The van der Waals surface area contributed by atoms with Crippen LogP contribution in [0.15, 0.2) is 162 Å². The van der Waals surface area contributed by atoms with E-state index in [1.807, 2.05) is 0 Å². The van der Waals surface area contributed by atoms with Crippen molar-refractivity contribution in [1.29, 1.82) is 0 Å². The summed E-state index contributed by atoms with van der Waals surface area (Å²) in [6.07, 6.45) is 46.2. The molecule has 5 aromatic rings. The highest BCUT2D eigenvalue weighted by atomic mass is 15.0. The summed E-state index contributed by atoms with van der Waals surface area (Å²) in [5.74, 6) is 1.37. The predicted octanol–water partition coefficient (Wildman–Crippen LogP) is 13.7. The second kappa shape index (κ2) is 13.1. The maximum absolute atomic E-state index is 2.59. The molecule has 2 heteroatoms. The van der Waals surface area contributed by atoms with Gasteiger partial charge in [-0.3, -0.25) is 0 Å². The molecule has 0 N–H and O–H groups in total. The Morgan fingerprint density at radius 1 is 0.593 bits per heavy atom. The van der Waals surface area contributed by atoms with Crippen LogP contribution < -0.4 is 0 Å². The molecule has 0 radical (unpaired) electrons. The van der Waals surface area contributed by atoms with Gasteiger partial charge < -0.3 is 9.13 Å². The average molecular weight is 699 g/mol. The summed E-state index contributed by atoms with van der Waals surface area (Å²) in [4.78, 5) is 0. The molecule has 0 spiro atoms. The van der Waals surface area contributed by atoms with Gasteiger partial charge >= 0.3 is 0 Å². The molecule has 3 atom stereocenters. The Balaban J connectivity index is 0.971. The van der Waals surface area contributed by atoms with Crippen molar-refractivity contribution < 1.29 is 0 Å². The van der Waals surface area contributed by atoms with E-state index >= 15 is 0 Å². The van der Waals surface area contributed by atoms with Gasteiger partial charge in [-0.2, -0.15) is 0 Å². The molecule has 0 bridgehead atoms. The van der Waals surface area contributed by atoms with Gasteiger partial charge in [-0.1, -0.05) is 115 Å². The summed E-state index contributed by atoms with van der Waals surface area (Å²) in [5, 5.41) is 3.99. The Kier molecular flexibility index (Phi) is 7.71. The molecule has 3 aromatic carbocycles. The molecular weight excluding hydrogens is 653 g/mol. The fourth-order valence-electron chi connectivity index (χ4n) is 10.3. The van der Waals surface area contributed by atoms with Crippen molar-refractivity contribution in [2.24, 2.45) is 17.8 Å². The molecule has 11 rings (SSSR count). The highest BCUT2D eigenvalue weighted by Crippen LogP contribution is 2.43. The molecule has 0 saturated heterocycles. The summed E-state index contributed by atoms with van der Waals surface area (Å²) in [6.45, 7) is 0. The standard InChI is InChI=1S/C52H46N2/c1-2-12-35(13-3-1)36-24-26-37(27-25-36)39-16-10-17-42(32-39)53-49-21-8-6-19-44(49)46-33-40(28-30-51(46)53)41-29-31-52-47(34-41)45-20-7-9-22-50(45)54(52)48-23-11-15-38-14-4-5-18-43(38)48/h4-8,11-12,14-16,18-21,23-24,26-34,36,38,43H,1-3,9-10,13,17,22,25H2/t36-,38?,43?/m0/s1. The average Bonchev–Trinajstić information content (AvgIpc) is 3.76. The Bertz CT molecular complexity index is 2700. The fourth-order valence-corrected chi connectivity index (χ4v) is 10.3. The zero-order valence-corrected chi connectivity index (χ0v) is 30.9. The molecule has 0 fully saturated rings. The molecule has 0 amide bonds. The van der Waals surface area contributed by atoms with Crippen LogP contribution in [-0.2, 0) is 6.42 Å². The van der Waals surface area contributed by atoms with Crippen LogP contribution in [0.25, 0.3) is 61.3 Å². The molecule has 6 aliphatic rings. The maximum Gasteiger partial charge on any atom is 0.0538 e. The van der Waals surface area contributed by atoms with Crippen LogP contribution in [0.5, 0.6) is 0 Å². The lowest BCUT2D eigenvalue weighted by Gasteiger charge is -2.29. The van der Waals surface area contributed by atoms with Crippen molar-refractivity contribution in [3.63, 3.8) is 0 Å². The van der Waals surface area contributed by atoms with E-state index in [-0.39, 0.29) is 0 Å². The van der Waals surface area contributed by atoms with E-state index in [1.165, 1.54) is 103 Å². The number of aromatic nitrogens is 2. The monoisotopic (exact) mass is 698 g/mol. The third-order valence-electron chi connectivity index (χ3n) is 12.9. The molecule has 54 heavy (non-hydrogen) atoms. The summed E-state index contributed by atoms with van der Waals surface area (Å²) < 4.78 is 5.13. The first-order chi connectivity index (χ1) is 26.8. The van der Waals surface area contributed by atoms with Gasteiger partial charge in [0.05, 0.1) is 16.6 Å². The zero-order valence-electron chi connectivity index (χ0n) is 30.9. The minimum Gasteiger partial charge on any atom is -0.316 e. The van der Waals surface area contributed by atoms with Gasteiger partial charge in [-0.15, -0.1) is 0 Å². The number of benzene rings is 3. The summed E-state index contributed by atoms with van der Waals surface area (Å²) in [5.41, 5.74) is 16.5. The number of fused-ring (bicyclic) bond motifs is 7. The smallest absolute Gasteiger partial charge is 0.0538 e. The van der Waals surface area contributed by atoms with Crippen molar-refractivity contribution in [1.82, 2.24) is 9.13 Å². The van der Waals surface area contributed by atoms with E-state index in [2.05, 4.69) is 161 Å². The van der Waals surface area contributed by atoms with Crippen LogP contribution in [-0.4, -0.2) is 9.13 Å². The lowest BCUT2D eigenvalue weighted by atomic mass is 9.82. The SMILES string of the molecule is C1=CC2C=CC=C(n3c4c(c5cc(-c6ccc7c(c6)c6ccccc6n7C6=CC(C7=CC[C@@H](C8=CCCCC8)C=C7)=CCC6)ccc53)C=CCC4)C2C=C1. The zero-order chi connectivity index (χ0) is 35.6. The van der Waals surface area contributed by atoms with Gasteiger partial charge in [0.25, 0.3) is 0 Å². The summed E-state index contributed by atoms with van der Waals surface area (Å²) in [7, 11) is 0. The fraction of sp³-hybridized carbons (Fsp3) is 0.231. The Labute approximate surface area is 318 Å². The van der Waals surface area contributed by atoms with Gasteiger partial charge in [0, 0.05) is 56.6 Å². The molecule has 2 nitrogen and oxygen atoms in total. The van der Waals surface area contributed by atoms with Crippen molar-refractivity contribution in [2.75, 3.05) is 0 Å². The van der Waals surface area contributed by atoms with E-state index in [1.54, 1.807) is 5.57 Å². The lowest BCUT2D eigenvalue weighted by Crippen LogP contribution is -2.20. The first kappa shape index (κ1) is 31.9. The molecule has 0 aliphatic heterocycles. The van der Waals surface area contributed by atoms with Gasteiger partial charge in [-0.25, -0.2) is 0 Å². The quantitative estimate of drug-likeness (QED) is 0.162. The molecule has 264 valence electrons. The topological polar surface area (TPSA) is 9.86 Å². The van der Waals surface area contributed by atoms with E-state index in [9.17, 15) is 0 Å². The first-order valence-corrected chi connectivity index (χ1v) is 20.4. The summed E-state index contributed by atoms with van der Waals surface area (Å²) in [6, 6.07) is 23.4. The Morgan fingerprint density at radius 2 is 1.43 bits per heavy atom. The van der Waals surface area contributed by atoms with Crippen LogP contribution in [0, 0.1) is 17.8 Å². The second-order valence-electron chi connectivity index (χ2n) is 16.0. The molecule has 2 heterocycles. The Hall–Kier alpha value is -5.60.